The van der Waals surface area contributed by atoms with Gasteiger partial charge in [-0.05, 0) is 43.9 Å². The maximum atomic E-state index is 13.4. The van der Waals surface area contributed by atoms with Crippen molar-refractivity contribution in [3.8, 4) is 0 Å². The summed E-state index contributed by atoms with van der Waals surface area (Å²) < 4.78 is 58.2. The zero-order valence-electron chi connectivity index (χ0n) is 16.2. The Bertz CT molecular complexity index is 558. The monoisotopic (exact) mass is 390 g/mol. The molecule has 0 atom stereocenters. The largest absolute Gasteiger partial charge is 0.459 e. The van der Waals surface area contributed by atoms with E-state index in [4.69, 9.17) is 4.74 Å². The highest BCUT2D eigenvalue weighted by Gasteiger charge is 2.36. The maximum absolute atomic E-state index is 13.4. The van der Waals surface area contributed by atoms with E-state index in [0.29, 0.717) is 31.0 Å². The van der Waals surface area contributed by atoms with Gasteiger partial charge in [-0.3, -0.25) is 0 Å². The van der Waals surface area contributed by atoms with Crippen molar-refractivity contribution in [2.24, 2.45) is 0 Å². The lowest BCUT2D eigenvalue weighted by molar-refractivity contribution is -0.138. The van der Waals surface area contributed by atoms with Gasteiger partial charge >= 0.3 is 12.1 Å². The van der Waals surface area contributed by atoms with Crippen molar-refractivity contribution in [3.05, 3.63) is 35.1 Å². The van der Waals surface area contributed by atoms with Gasteiger partial charge in [-0.1, -0.05) is 52.4 Å². The third-order valence-corrected chi connectivity index (χ3v) is 4.54. The first-order valence-electron chi connectivity index (χ1n) is 9.87. The normalized spacial score (nSPS) is 11.8. The molecule has 0 aliphatic rings. The van der Waals surface area contributed by atoms with E-state index in [0.717, 1.165) is 51.4 Å². The summed E-state index contributed by atoms with van der Waals surface area (Å²) >= 11 is 0. The van der Waals surface area contributed by atoms with Crippen LogP contribution in [0.15, 0.2) is 18.2 Å². The molecule has 0 aliphatic carbocycles. The molecule has 1 rings (SSSR count). The molecule has 0 aliphatic heterocycles. The lowest BCUT2D eigenvalue weighted by Crippen LogP contribution is -2.22. The van der Waals surface area contributed by atoms with Crippen molar-refractivity contribution in [2.45, 2.75) is 90.3 Å². The Morgan fingerprint density at radius 3 is 2.00 bits per heavy atom. The van der Waals surface area contributed by atoms with Crippen LogP contribution in [0.1, 0.15) is 94.0 Å². The number of carbonyl (C=O) groups is 1. The van der Waals surface area contributed by atoms with Crippen LogP contribution in [0.3, 0.4) is 0 Å². The number of rotatable bonds is 12. The number of benzene rings is 1. The summed E-state index contributed by atoms with van der Waals surface area (Å²) in [4.78, 5) is 12.4. The van der Waals surface area contributed by atoms with E-state index in [-0.39, 0.29) is 0 Å². The van der Waals surface area contributed by atoms with E-state index in [9.17, 15) is 22.4 Å². The highest BCUT2D eigenvalue weighted by atomic mass is 19.4. The van der Waals surface area contributed by atoms with Crippen LogP contribution in [-0.4, -0.2) is 12.1 Å². The second kappa shape index (κ2) is 12.0. The number of carbonyl (C=O) groups excluding carboxylic acids is 1. The van der Waals surface area contributed by atoms with Gasteiger partial charge in [0.1, 0.15) is 11.9 Å². The van der Waals surface area contributed by atoms with Gasteiger partial charge in [-0.25, -0.2) is 9.18 Å². The van der Waals surface area contributed by atoms with Gasteiger partial charge in [0, 0.05) is 0 Å². The minimum atomic E-state index is -4.74. The predicted molar refractivity (Wildman–Crippen MR) is 98.1 cm³/mol. The number of esters is 1. The fourth-order valence-corrected chi connectivity index (χ4v) is 3.01. The molecular weight excluding hydrogens is 360 g/mol. The van der Waals surface area contributed by atoms with E-state index in [1.54, 1.807) is 0 Å². The summed E-state index contributed by atoms with van der Waals surface area (Å²) in [6, 6.07) is 1.90. The van der Waals surface area contributed by atoms with Crippen molar-refractivity contribution in [1.82, 2.24) is 0 Å². The van der Waals surface area contributed by atoms with Crippen LogP contribution in [0.4, 0.5) is 17.6 Å². The van der Waals surface area contributed by atoms with Gasteiger partial charge in [0.25, 0.3) is 0 Å². The van der Waals surface area contributed by atoms with E-state index >= 15 is 0 Å². The van der Waals surface area contributed by atoms with Gasteiger partial charge in [-0.15, -0.1) is 0 Å². The molecule has 0 saturated carbocycles. The Balaban J connectivity index is 2.83. The third-order valence-electron chi connectivity index (χ3n) is 4.54. The number of ether oxygens (including phenoxy) is 1. The van der Waals surface area contributed by atoms with Crippen molar-refractivity contribution in [1.29, 1.82) is 0 Å². The highest BCUT2D eigenvalue weighted by Crippen LogP contribution is 2.33. The van der Waals surface area contributed by atoms with E-state index in [1.807, 2.05) is 0 Å². The molecule has 0 spiro atoms. The van der Waals surface area contributed by atoms with Crippen LogP contribution in [0, 0.1) is 5.82 Å². The quantitative estimate of drug-likeness (QED) is 0.212. The van der Waals surface area contributed by atoms with Gasteiger partial charge in [0.2, 0.25) is 0 Å². The van der Waals surface area contributed by atoms with E-state index in [2.05, 4.69) is 13.8 Å². The Labute approximate surface area is 159 Å². The summed E-state index contributed by atoms with van der Waals surface area (Å²) in [6.45, 7) is 4.18. The molecule has 0 amide bonds. The fraction of sp³-hybridized carbons (Fsp3) is 0.667. The van der Waals surface area contributed by atoms with Crippen LogP contribution in [0.25, 0.3) is 0 Å². The standard InChI is InChI=1S/C21H30F4O2/c1-3-5-7-9-11-17(12-10-8-6-4-2)27-20(26)18-15-16(22)13-14-19(18)21(23,24)25/h13-15,17H,3-12H2,1-2H3. The third kappa shape index (κ3) is 8.76. The number of unbranched alkanes of at least 4 members (excludes halogenated alkanes) is 6. The molecule has 0 N–H and O–H groups in total. The summed E-state index contributed by atoms with van der Waals surface area (Å²) in [5.74, 6) is -1.99. The van der Waals surface area contributed by atoms with E-state index < -0.39 is 35.2 Å². The van der Waals surface area contributed by atoms with Crippen molar-refractivity contribution >= 4 is 5.97 Å². The molecule has 0 unspecified atom stereocenters. The number of hydrogen-bond acceptors (Lipinski definition) is 2. The first-order chi connectivity index (χ1) is 12.8. The molecule has 1 aromatic rings. The second-order valence-electron chi connectivity index (χ2n) is 6.91. The number of alkyl halides is 3. The molecular formula is C21H30F4O2. The SMILES string of the molecule is CCCCCCC(CCCCCC)OC(=O)c1cc(F)ccc1C(F)(F)F. The zero-order chi connectivity index (χ0) is 20.3. The molecule has 0 radical (unpaired) electrons. The lowest BCUT2D eigenvalue weighted by atomic mass is 10.0. The van der Waals surface area contributed by atoms with Gasteiger partial charge in [-0.2, -0.15) is 13.2 Å². The van der Waals surface area contributed by atoms with Crippen LogP contribution in [0.5, 0.6) is 0 Å². The maximum Gasteiger partial charge on any atom is 0.417 e. The topological polar surface area (TPSA) is 26.3 Å². The second-order valence-corrected chi connectivity index (χ2v) is 6.91. The minimum Gasteiger partial charge on any atom is -0.459 e. The van der Waals surface area contributed by atoms with Gasteiger partial charge in [0.15, 0.2) is 0 Å². The van der Waals surface area contributed by atoms with E-state index in [1.165, 1.54) is 0 Å². The Morgan fingerprint density at radius 1 is 0.963 bits per heavy atom. The fourth-order valence-electron chi connectivity index (χ4n) is 3.01. The Hall–Kier alpha value is -1.59. The van der Waals surface area contributed by atoms with Crippen molar-refractivity contribution in [3.63, 3.8) is 0 Å². The lowest BCUT2D eigenvalue weighted by Gasteiger charge is -2.19. The first-order valence-corrected chi connectivity index (χ1v) is 9.87. The highest BCUT2D eigenvalue weighted by molar-refractivity contribution is 5.91. The molecule has 0 aromatic heterocycles. The van der Waals surface area contributed by atoms with Crippen molar-refractivity contribution in [2.75, 3.05) is 0 Å². The molecule has 1 aromatic carbocycles. The summed E-state index contributed by atoms with van der Waals surface area (Å²) in [5.41, 5.74) is -1.92. The van der Waals surface area contributed by atoms with Crippen LogP contribution < -0.4 is 0 Å². The molecule has 0 saturated heterocycles. The summed E-state index contributed by atoms with van der Waals surface area (Å²) in [5, 5.41) is 0. The summed E-state index contributed by atoms with van der Waals surface area (Å²) in [6.07, 6.45) is 4.04. The van der Waals surface area contributed by atoms with Crippen LogP contribution in [-0.2, 0) is 10.9 Å². The number of hydrogen-bond donors (Lipinski definition) is 0. The molecule has 0 bridgehead atoms. The smallest absolute Gasteiger partial charge is 0.417 e. The van der Waals surface area contributed by atoms with Gasteiger partial charge < -0.3 is 4.74 Å². The van der Waals surface area contributed by atoms with Crippen molar-refractivity contribution < 1.29 is 27.1 Å². The average molecular weight is 390 g/mol. The number of halogens is 4. The molecule has 6 heteroatoms. The Morgan fingerprint density at radius 2 is 1.52 bits per heavy atom. The first kappa shape index (κ1) is 23.4. The van der Waals surface area contributed by atoms with Crippen LogP contribution >= 0.6 is 0 Å². The zero-order valence-corrected chi connectivity index (χ0v) is 16.2. The predicted octanol–water partition coefficient (Wildman–Crippen LogP) is 7.31. The average Bonchev–Trinajstić information content (AvgIpc) is 2.60. The molecule has 0 heterocycles. The summed E-state index contributed by atoms with van der Waals surface area (Å²) in [7, 11) is 0. The minimum absolute atomic E-state index is 0.435. The molecule has 2 nitrogen and oxygen atoms in total. The molecule has 154 valence electrons. The molecule has 27 heavy (non-hydrogen) atoms. The Kier molecular flexibility index (Phi) is 10.4. The van der Waals surface area contributed by atoms with Gasteiger partial charge in [0.05, 0.1) is 11.1 Å². The molecule has 0 fully saturated rings. The van der Waals surface area contributed by atoms with Crippen LogP contribution in [0.2, 0.25) is 0 Å².